The lowest BCUT2D eigenvalue weighted by molar-refractivity contribution is -0.128. The standard InChI is InChI=1S/C11H17N3O4/c1-5(2)4-7-9(16)8(10(17)12-7)11(18)14-13-6(3)15/h5,7,16H,4H2,1-3H3,(H,12,17)(H,13,15)(H,14,18). The number of rotatable bonds is 3. The Labute approximate surface area is 105 Å². The van der Waals surface area contributed by atoms with Gasteiger partial charge in [0.25, 0.3) is 11.8 Å². The first-order chi connectivity index (χ1) is 8.32. The molecule has 1 rings (SSSR count). The van der Waals surface area contributed by atoms with E-state index in [9.17, 15) is 19.5 Å². The van der Waals surface area contributed by atoms with Crippen LogP contribution in [0.3, 0.4) is 0 Å². The molecule has 0 aromatic heterocycles. The summed E-state index contributed by atoms with van der Waals surface area (Å²) >= 11 is 0. The number of aliphatic hydroxyl groups is 1. The molecule has 1 unspecified atom stereocenters. The summed E-state index contributed by atoms with van der Waals surface area (Å²) in [6, 6.07) is -0.546. The molecule has 0 saturated heterocycles. The maximum atomic E-state index is 11.6. The van der Waals surface area contributed by atoms with Gasteiger partial charge in [0.2, 0.25) is 5.91 Å². The smallest absolute Gasteiger partial charge is 0.278 e. The van der Waals surface area contributed by atoms with Crippen LogP contribution in [-0.2, 0) is 14.4 Å². The fraction of sp³-hybridized carbons (Fsp3) is 0.545. The summed E-state index contributed by atoms with van der Waals surface area (Å²) < 4.78 is 0. The second-order valence-electron chi connectivity index (χ2n) is 4.55. The molecule has 7 nitrogen and oxygen atoms in total. The summed E-state index contributed by atoms with van der Waals surface area (Å²) in [5.74, 6) is -1.96. The molecule has 1 heterocycles. The first-order valence-electron chi connectivity index (χ1n) is 5.63. The van der Waals surface area contributed by atoms with Gasteiger partial charge in [-0.2, -0.15) is 0 Å². The van der Waals surface area contributed by atoms with E-state index in [1.54, 1.807) is 0 Å². The molecule has 1 atom stereocenters. The van der Waals surface area contributed by atoms with Gasteiger partial charge >= 0.3 is 0 Å². The Morgan fingerprint density at radius 2 is 2.00 bits per heavy atom. The van der Waals surface area contributed by atoms with E-state index in [1.165, 1.54) is 6.92 Å². The molecular weight excluding hydrogens is 238 g/mol. The Balaban J connectivity index is 2.78. The molecule has 0 aliphatic carbocycles. The second kappa shape index (κ2) is 5.52. The summed E-state index contributed by atoms with van der Waals surface area (Å²) in [4.78, 5) is 33.8. The van der Waals surface area contributed by atoms with Gasteiger partial charge in [-0.3, -0.25) is 25.2 Å². The summed E-state index contributed by atoms with van der Waals surface area (Å²) in [6.07, 6.45) is 0.536. The third-order valence-corrected chi connectivity index (χ3v) is 2.40. The topological polar surface area (TPSA) is 108 Å². The van der Waals surface area contributed by atoms with E-state index >= 15 is 0 Å². The zero-order valence-electron chi connectivity index (χ0n) is 10.5. The number of nitrogens with one attached hydrogen (secondary N) is 3. The number of hydrogen-bond donors (Lipinski definition) is 4. The molecule has 0 fully saturated rings. The quantitative estimate of drug-likeness (QED) is 0.403. The summed E-state index contributed by atoms with van der Waals surface area (Å²) in [7, 11) is 0. The lowest BCUT2D eigenvalue weighted by Crippen LogP contribution is -2.42. The molecule has 0 bridgehead atoms. The van der Waals surface area contributed by atoms with Gasteiger partial charge in [0.15, 0.2) is 0 Å². The number of carbonyl (C=O) groups excluding carboxylic acids is 3. The van der Waals surface area contributed by atoms with Crippen LogP contribution in [0.25, 0.3) is 0 Å². The van der Waals surface area contributed by atoms with Gasteiger partial charge in [-0.15, -0.1) is 0 Å². The highest BCUT2D eigenvalue weighted by atomic mass is 16.3. The zero-order chi connectivity index (χ0) is 13.9. The van der Waals surface area contributed by atoms with Crippen LogP contribution in [0.2, 0.25) is 0 Å². The first-order valence-corrected chi connectivity index (χ1v) is 5.63. The van der Waals surface area contributed by atoms with E-state index in [4.69, 9.17) is 0 Å². The van der Waals surface area contributed by atoms with Crippen LogP contribution in [0.4, 0.5) is 0 Å². The predicted octanol–water partition coefficient (Wildman–Crippen LogP) is -0.490. The Hall–Kier alpha value is -2.05. The number of carbonyl (C=O) groups is 3. The van der Waals surface area contributed by atoms with Gasteiger partial charge in [0.1, 0.15) is 11.3 Å². The molecule has 3 amide bonds. The normalized spacial score (nSPS) is 18.9. The minimum absolute atomic E-state index is 0.259. The van der Waals surface area contributed by atoms with Crippen molar-refractivity contribution in [2.75, 3.05) is 0 Å². The van der Waals surface area contributed by atoms with Crippen molar-refractivity contribution in [1.29, 1.82) is 0 Å². The van der Waals surface area contributed by atoms with Gasteiger partial charge in [-0.05, 0) is 12.3 Å². The van der Waals surface area contributed by atoms with E-state index in [1.807, 2.05) is 19.3 Å². The molecule has 0 radical (unpaired) electrons. The molecule has 7 heteroatoms. The highest BCUT2D eigenvalue weighted by molar-refractivity contribution is 6.20. The van der Waals surface area contributed by atoms with Crippen molar-refractivity contribution in [3.8, 4) is 0 Å². The number of hydrazine groups is 1. The van der Waals surface area contributed by atoms with Crippen molar-refractivity contribution in [1.82, 2.24) is 16.2 Å². The monoisotopic (exact) mass is 255 g/mol. The summed E-state index contributed by atoms with van der Waals surface area (Å²) in [5, 5.41) is 12.3. The number of amides is 3. The van der Waals surface area contributed by atoms with E-state index in [0.717, 1.165) is 0 Å². The highest BCUT2D eigenvalue weighted by Gasteiger charge is 2.36. The zero-order valence-corrected chi connectivity index (χ0v) is 10.5. The predicted molar refractivity (Wildman–Crippen MR) is 63.0 cm³/mol. The highest BCUT2D eigenvalue weighted by Crippen LogP contribution is 2.20. The maximum absolute atomic E-state index is 11.6. The average molecular weight is 255 g/mol. The largest absolute Gasteiger partial charge is 0.509 e. The van der Waals surface area contributed by atoms with Crippen molar-refractivity contribution in [2.45, 2.75) is 33.2 Å². The minimum atomic E-state index is -0.827. The van der Waals surface area contributed by atoms with Gasteiger partial charge in [-0.25, -0.2) is 0 Å². The Morgan fingerprint density at radius 3 is 2.50 bits per heavy atom. The summed E-state index contributed by atoms with van der Waals surface area (Å²) in [5.41, 5.74) is 3.74. The van der Waals surface area contributed by atoms with Crippen LogP contribution < -0.4 is 16.2 Å². The average Bonchev–Trinajstić information content (AvgIpc) is 2.50. The van der Waals surface area contributed by atoms with E-state index in [-0.39, 0.29) is 17.3 Å². The van der Waals surface area contributed by atoms with Crippen molar-refractivity contribution < 1.29 is 19.5 Å². The van der Waals surface area contributed by atoms with Crippen LogP contribution in [0.5, 0.6) is 0 Å². The Morgan fingerprint density at radius 1 is 1.39 bits per heavy atom. The number of hydrogen-bond acceptors (Lipinski definition) is 4. The maximum Gasteiger partial charge on any atom is 0.278 e. The van der Waals surface area contributed by atoms with Crippen molar-refractivity contribution in [3.63, 3.8) is 0 Å². The molecule has 1 aliphatic heterocycles. The lowest BCUT2D eigenvalue weighted by Gasteiger charge is -2.12. The Kier molecular flexibility index (Phi) is 4.30. The van der Waals surface area contributed by atoms with Gasteiger partial charge in [0, 0.05) is 6.92 Å². The third kappa shape index (κ3) is 3.22. The molecule has 100 valence electrons. The SMILES string of the molecule is CC(=O)NNC(=O)C1=C(O)C(CC(C)C)NC1=O. The Bertz CT molecular complexity index is 415. The van der Waals surface area contributed by atoms with E-state index in [2.05, 4.69) is 10.7 Å². The fourth-order valence-electron chi connectivity index (χ4n) is 1.66. The van der Waals surface area contributed by atoms with Gasteiger partial charge in [0.05, 0.1) is 6.04 Å². The third-order valence-electron chi connectivity index (χ3n) is 2.40. The van der Waals surface area contributed by atoms with Crippen LogP contribution in [0.15, 0.2) is 11.3 Å². The second-order valence-corrected chi connectivity index (χ2v) is 4.55. The van der Waals surface area contributed by atoms with Crippen LogP contribution in [-0.4, -0.2) is 28.9 Å². The fourth-order valence-corrected chi connectivity index (χ4v) is 1.66. The summed E-state index contributed by atoms with van der Waals surface area (Å²) in [6.45, 7) is 5.09. The molecule has 1 aliphatic rings. The van der Waals surface area contributed by atoms with Crippen molar-refractivity contribution >= 4 is 17.7 Å². The molecular formula is C11H17N3O4. The van der Waals surface area contributed by atoms with Crippen molar-refractivity contribution in [3.05, 3.63) is 11.3 Å². The van der Waals surface area contributed by atoms with Gasteiger partial charge < -0.3 is 10.4 Å². The first kappa shape index (κ1) is 14.0. The molecule has 0 spiro atoms. The molecule has 0 aromatic rings. The molecule has 0 saturated carbocycles. The van der Waals surface area contributed by atoms with E-state index < -0.39 is 23.8 Å². The molecule has 4 N–H and O–H groups in total. The minimum Gasteiger partial charge on any atom is -0.509 e. The van der Waals surface area contributed by atoms with Crippen LogP contribution in [0.1, 0.15) is 27.2 Å². The van der Waals surface area contributed by atoms with Crippen molar-refractivity contribution in [2.24, 2.45) is 5.92 Å². The number of aliphatic hydroxyl groups excluding tert-OH is 1. The van der Waals surface area contributed by atoms with E-state index in [0.29, 0.717) is 6.42 Å². The van der Waals surface area contributed by atoms with Gasteiger partial charge in [-0.1, -0.05) is 13.8 Å². The molecule has 18 heavy (non-hydrogen) atoms. The van der Waals surface area contributed by atoms with Crippen LogP contribution >= 0.6 is 0 Å². The lowest BCUT2D eigenvalue weighted by atomic mass is 10.0. The van der Waals surface area contributed by atoms with Crippen LogP contribution in [0, 0.1) is 5.92 Å². The molecule has 0 aromatic carbocycles.